The van der Waals surface area contributed by atoms with Gasteiger partial charge in [-0.25, -0.2) is 4.79 Å². The third-order valence-corrected chi connectivity index (χ3v) is 6.00. The molecule has 4 bridgehead atoms. The molecule has 4 fully saturated rings. The quantitative estimate of drug-likeness (QED) is 0.922. The summed E-state index contributed by atoms with van der Waals surface area (Å²) in [5, 5.41) is 13.6. The maximum atomic E-state index is 11.1. The number of carboxylic acid groups (broad SMARTS) is 1. The number of aryl methyl sites for hydroxylation is 1. The Hall–Kier alpha value is -1.32. The topological polar surface area (TPSA) is 55.1 Å². The Kier molecular flexibility index (Phi) is 2.69. The zero-order chi connectivity index (χ0) is 13.9. The normalized spacial score (nSPS) is 38.4. The van der Waals surface area contributed by atoms with Gasteiger partial charge in [0, 0.05) is 12.7 Å². The third kappa shape index (κ3) is 1.88. The second-order valence-corrected chi connectivity index (χ2v) is 7.25. The van der Waals surface area contributed by atoms with Crippen molar-refractivity contribution < 1.29 is 9.90 Å². The number of hydrogen-bond donors (Lipinski definition) is 1. The molecule has 0 unspecified atom stereocenters. The molecule has 108 valence electrons. The average molecular weight is 274 g/mol. The largest absolute Gasteiger partial charge is 0.478 e. The zero-order valence-corrected chi connectivity index (χ0v) is 12.0. The van der Waals surface area contributed by atoms with Crippen LogP contribution in [-0.2, 0) is 6.54 Å². The van der Waals surface area contributed by atoms with E-state index >= 15 is 0 Å². The van der Waals surface area contributed by atoms with Gasteiger partial charge in [0.25, 0.3) is 0 Å². The van der Waals surface area contributed by atoms with Crippen LogP contribution in [-0.4, -0.2) is 20.9 Å². The van der Waals surface area contributed by atoms with Crippen molar-refractivity contribution in [2.75, 3.05) is 0 Å². The van der Waals surface area contributed by atoms with E-state index in [9.17, 15) is 4.79 Å². The predicted molar refractivity (Wildman–Crippen MR) is 74.5 cm³/mol. The summed E-state index contributed by atoms with van der Waals surface area (Å²) in [5.41, 5.74) is 0.995. The first-order valence-electron chi connectivity index (χ1n) is 7.87. The van der Waals surface area contributed by atoms with Gasteiger partial charge in [-0.05, 0) is 68.6 Å². The van der Waals surface area contributed by atoms with E-state index in [2.05, 4.69) is 5.10 Å². The SMILES string of the molecule is Cc1nn(CC2C3CC4CC(C3)CC2C4)cc1C(=O)O. The second-order valence-electron chi connectivity index (χ2n) is 7.25. The van der Waals surface area contributed by atoms with Crippen LogP contribution in [0.5, 0.6) is 0 Å². The Morgan fingerprint density at radius 1 is 1.25 bits per heavy atom. The van der Waals surface area contributed by atoms with Gasteiger partial charge in [0.2, 0.25) is 0 Å². The summed E-state index contributed by atoms with van der Waals surface area (Å²) in [6.45, 7) is 2.71. The Morgan fingerprint density at radius 3 is 2.35 bits per heavy atom. The standard InChI is InChI=1S/C16H22N2O2/c1-9-14(16(19)20)7-18(17-9)8-15-12-3-10-2-11(5-12)6-13(15)4-10/h7,10-13,15H,2-6,8H2,1H3,(H,19,20). The molecule has 1 aromatic rings. The van der Waals surface area contributed by atoms with Crippen molar-refractivity contribution in [1.82, 2.24) is 9.78 Å². The molecule has 0 atom stereocenters. The molecule has 1 N–H and O–H groups in total. The number of carbonyl (C=O) groups is 1. The van der Waals surface area contributed by atoms with E-state index in [4.69, 9.17) is 5.11 Å². The fraction of sp³-hybridized carbons (Fsp3) is 0.750. The molecule has 4 saturated carbocycles. The van der Waals surface area contributed by atoms with E-state index < -0.39 is 5.97 Å². The van der Waals surface area contributed by atoms with Gasteiger partial charge in [-0.15, -0.1) is 0 Å². The van der Waals surface area contributed by atoms with Crippen molar-refractivity contribution in [3.05, 3.63) is 17.5 Å². The molecule has 1 heterocycles. The molecule has 0 aliphatic heterocycles. The molecule has 0 amide bonds. The van der Waals surface area contributed by atoms with Gasteiger partial charge in [0.15, 0.2) is 0 Å². The zero-order valence-electron chi connectivity index (χ0n) is 12.0. The Bertz CT molecular complexity index is 521. The van der Waals surface area contributed by atoms with Crippen LogP contribution < -0.4 is 0 Å². The van der Waals surface area contributed by atoms with Gasteiger partial charge in [-0.3, -0.25) is 4.68 Å². The lowest BCUT2D eigenvalue weighted by Crippen LogP contribution is -2.46. The molecule has 4 heteroatoms. The first-order valence-corrected chi connectivity index (χ1v) is 7.87. The highest BCUT2D eigenvalue weighted by atomic mass is 16.4. The van der Waals surface area contributed by atoms with E-state index in [1.54, 1.807) is 13.1 Å². The summed E-state index contributed by atoms with van der Waals surface area (Å²) in [5.74, 6) is 3.57. The lowest BCUT2D eigenvalue weighted by atomic mass is 9.52. The molecule has 0 saturated heterocycles. The van der Waals surface area contributed by atoms with Crippen LogP contribution in [0.1, 0.15) is 48.2 Å². The monoisotopic (exact) mass is 274 g/mol. The van der Waals surface area contributed by atoms with Crippen LogP contribution in [0.2, 0.25) is 0 Å². The highest BCUT2D eigenvalue weighted by molar-refractivity contribution is 5.88. The van der Waals surface area contributed by atoms with E-state index in [0.29, 0.717) is 11.3 Å². The number of rotatable bonds is 3. The van der Waals surface area contributed by atoms with Gasteiger partial charge < -0.3 is 5.11 Å². The minimum atomic E-state index is -0.862. The smallest absolute Gasteiger partial charge is 0.339 e. The first-order chi connectivity index (χ1) is 9.60. The summed E-state index contributed by atoms with van der Waals surface area (Å²) >= 11 is 0. The summed E-state index contributed by atoms with van der Waals surface area (Å²) in [6, 6.07) is 0. The number of aromatic carboxylic acids is 1. The highest BCUT2D eigenvalue weighted by Crippen LogP contribution is 2.56. The van der Waals surface area contributed by atoms with Gasteiger partial charge >= 0.3 is 5.97 Å². The number of carboxylic acids is 1. The molecule has 4 nitrogen and oxygen atoms in total. The van der Waals surface area contributed by atoms with Crippen molar-refractivity contribution in [2.45, 2.75) is 45.6 Å². The van der Waals surface area contributed by atoms with E-state index in [0.717, 1.165) is 36.1 Å². The molecule has 4 aliphatic rings. The minimum absolute atomic E-state index is 0.355. The highest BCUT2D eigenvalue weighted by Gasteiger charge is 2.48. The molecule has 1 aromatic heterocycles. The third-order valence-electron chi connectivity index (χ3n) is 6.00. The van der Waals surface area contributed by atoms with Crippen molar-refractivity contribution in [2.24, 2.45) is 29.6 Å². The molecular weight excluding hydrogens is 252 g/mol. The lowest BCUT2D eigenvalue weighted by Gasteiger charge is -2.54. The Labute approximate surface area is 119 Å². The van der Waals surface area contributed by atoms with Crippen LogP contribution in [0.4, 0.5) is 0 Å². The average Bonchev–Trinajstić information content (AvgIpc) is 2.74. The van der Waals surface area contributed by atoms with Crippen LogP contribution in [0.15, 0.2) is 6.20 Å². The fourth-order valence-electron chi connectivity index (χ4n) is 5.37. The summed E-state index contributed by atoms with van der Waals surface area (Å²) < 4.78 is 1.89. The van der Waals surface area contributed by atoms with Gasteiger partial charge in [-0.1, -0.05) is 0 Å². The molecule has 4 aliphatic carbocycles. The van der Waals surface area contributed by atoms with Crippen molar-refractivity contribution >= 4 is 5.97 Å². The van der Waals surface area contributed by atoms with Crippen molar-refractivity contribution in [3.63, 3.8) is 0 Å². The lowest BCUT2D eigenvalue weighted by molar-refractivity contribution is -0.0442. The van der Waals surface area contributed by atoms with E-state index in [1.807, 2.05) is 4.68 Å². The van der Waals surface area contributed by atoms with Gasteiger partial charge in [-0.2, -0.15) is 5.10 Å². The molecule has 0 aromatic carbocycles. The Balaban J connectivity index is 1.54. The van der Waals surface area contributed by atoms with Crippen LogP contribution in [0.25, 0.3) is 0 Å². The van der Waals surface area contributed by atoms with Crippen LogP contribution in [0.3, 0.4) is 0 Å². The van der Waals surface area contributed by atoms with Crippen LogP contribution in [0, 0.1) is 36.5 Å². The number of aromatic nitrogens is 2. The van der Waals surface area contributed by atoms with Crippen LogP contribution >= 0.6 is 0 Å². The molecule has 0 radical (unpaired) electrons. The maximum Gasteiger partial charge on any atom is 0.339 e. The summed E-state index contributed by atoms with van der Waals surface area (Å²) in [6.07, 6.45) is 8.83. The van der Waals surface area contributed by atoms with E-state index in [1.165, 1.54) is 32.1 Å². The summed E-state index contributed by atoms with van der Waals surface area (Å²) in [7, 11) is 0. The van der Waals surface area contributed by atoms with E-state index in [-0.39, 0.29) is 0 Å². The van der Waals surface area contributed by atoms with Gasteiger partial charge in [0.1, 0.15) is 5.56 Å². The molecule has 5 rings (SSSR count). The predicted octanol–water partition coefficient (Wildman–Crippen LogP) is 2.96. The molecular formula is C16H22N2O2. The molecule has 0 spiro atoms. The fourth-order valence-corrected chi connectivity index (χ4v) is 5.37. The number of hydrogen-bond acceptors (Lipinski definition) is 2. The first kappa shape index (κ1) is 12.4. The maximum absolute atomic E-state index is 11.1. The van der Waals surface area contributed by atoms with Gasteiger partial charge in [0.05, 0.1) is 5.69 Å². The Morgan fingerprint density at radius 2 is 1.85 bits per heavy atom. The second kappa shape index (κ2) is 4.34. The van der Waals surface area contributed by atoms with Crippen molar-refractivity contribution in [3.8, 4) is 0 Å². The number of nitrogens with zero attached hydrogens (tertiary/aromatic N) is 2. The minimum Gasteiger partial charge on any atom is -0.478 e. The van der Waals surface area contributed by atoms with Crippen molar-refractivity contribution in [1.29, 1.82) is 0 Å². The summed E-state index contributed by atoms with van der Waals surface area (Å²) in [4.78, 5) is 11.1. The molecule has 20 heavy (non-hydrogen) atoms.